The molecule has 0 heterocycles. The van der Waals surface area contributed by atoms with Gasteiger partial charge in [-0.25, -0.2) is 0 Å². The lowest BCUT2D eigenvalue weighted by Gasteiger charge is -2.06. The summed E-state index contributed by atoms with van der Waals surface area (Å²) in [7, 11) is 0. The van der Waals surface area contributed by atoms with Crippen LogP contribution in [0.3, 0.4) is 0 Å². The average Bonchev–Trinajstić information content (AvgIpc) is 2.42. The van der Waals surface area contributed by atoms with Crippen LogP contribution in [-0.4, -0.2) is 25.0 Å². The van der Waals surface area contributed by atoms with Gasteiger partial charge in [-0.15, -0.1) is 0 Å². The maximum Gasteiger partial charge on any atom is 0.309 e. The third kappa shape index (κ3) is 5.92. The zero-order chi connectivity index (χ0) is 14.1. The maximum absolute atomic E-state index is 11.4. The molecule has 0 aromatic heterocycles. The van der Waals surface area contributed by atoms with Gasteiger partial charge in [0.1, 0.15) is 6.61 Å². The predicted molar refractivity (Wildman–Crippen MR) is 72.5 cm³/mol. The number of carbonyl (C=O) groups excluding carboxylic acids is 2. The molecule has 0 radical (unpaired) electrons. The van der Waals surface area contributed by atoms with E-state index in [2.05, 4.69) is 17.2 Å². The SMILES string of the molecule is C=COCCNC(=O)C(=O)NCc1ccc(Cl)cc1. The molecule has 1 rings (SSSR count). The minimum Gasteiger partial charge on any atom is -0.500 e. The van der Waals surface area contributed by atoms with E-state index in [9.17, 15) is 9.59 Å². The zero-order valence-electron chi connectivity index (χ0n) is 10.3. The monoisotopic (exact) mass is 282 g/mol. The Hall–Kier alpha value is -2.01. The molecule has 0 bridgehead atoms. The molecule has 0 aliphatic carbocycles. The summed E-state index contributed by atoms with van der Waals surface area (Å²) < 4.78 is 4.81. The topological polar surface area (TPSA) is 67.4 Å². The first kappa shape index (κ1) is 15.0. The highest BCUT2D eigenvalue weighted by atomic mass is 35.5. The first-order valence-electron chi connectivity index (χ1n) is 5.66. The molecule has 0 aliphatic rings. The summed E-state index contributed by atoms with van der Waals surface area (Å²) in [4.78, 5) is 22.8. The van der Waals surface area contributed by atoms with Crippen molar-refractivity contribution < 1.29 is 14.3 Å². The Morgan fingerprint density at radius 3 is 2.47 bits per heavy atom. The number of amides is 2. The molecule has 0 spiro atoms. The van der Waals surface area contributed by atoms with Gasteiger partial charge in [-0.3, -0.25) is 9.59 Å². The summed E-state index contributed by atoms with van der Waals surface area (Å²) in [6.07, 6.45) is 1.27. The van der Waals surface area contributed by atoms with Crippen LogP contribution >= 0.6 is 11.6 Å². The molecule has 1 aromatic rings. The average molecular weight is 283 g/mol. The summed E-state index contributed by atoms with van der Waals surface area (Å²) in [6.45, 7) is 4.16. The van der Waals surface area contributed by atoms with E-state index in [-0.39, 0.29) is 19.7 Å². The van der Waals surface area contributed by atoms with Crippen molar-refractivity contribution in [2.24, 2.45) is 0 Å². The van der Waals surface area contributed by atoms with Gasteiger partial charge >= 0.3 is 11.8 Å². The summed E-state index contributed by atoms with van der Waals surface area (Å²) in [5.74, 6) is -1.38. The molecule has 2 amide bonds. The van der Waals surface area contributed by atoms with Gasteiger partial charge in [-0.2, -0.15) is 0 Å². The molecule has 0 unspecified atom stereocenters. The fraction of sp³-hybridized carbons (Fsp3) is 0.231. The summed E-state index contributed by atoms with van der Waals surface area (Å²) in [6, 6.07) is 6.99. The number of hydrogen-bond acceptors (Lipinski definition) is 3. The van der Waals surface area contributed by atoms with Gasteiger partial charge in [0.05, 0.1) is 12.8 Å². The molecule has 0 fully saturated rings. The molecule has 19 heavy (non-hydrogen) atoms. The molecule has 0 saturated carbocycles. The van der Waals surface area contributed by atoms with Crippen molar-refractivity contribution >= 4 is 23.4 Å². The first-order valence-corrected chi connectivity index (χ1v) is 6.04. The van der Waals surface area contributed by atoms with Crippen LogP contribution in [0.15, 0.2) is 37.1 Å². The second kappa shape index (κ2) is 8.16. The van der Waals surface area contributed by atoms with Crippen molar-refractivity contribution in [1.29, 1.82) is 0 Å². The highest BCUT2D eigenvalue weighted by Gasteiger charge is 2.11. The van der Waals surface area contributed by atoms with Crippen LogP contribution in [0, 0.1) is 0 Å². The molecule has 0 aliphatic heterocycles. The van der Waals surface area contributed by atoms with Crippen LogP contribution in [0.4, 0.5) is 0 Å². The lowest BCUT2D eigenvalue weighted by molar-refractivity contribution is -0.139. The minimum absolute atomic E-state index is 0.249. The van der Waals surface area contributed by atoms with E-state index in [1.165, 1.54) is 6.26 Å². The second-order valence-electron chi connectivity index (χ2n) is 3.60. The van der Waals surface area contributed by atoms with E-state index < -0.39 is 11.8 Å². The third-order valence-corrected chi connectivity index (χ3v) is 2.45. The van der Waals surface area contributed by atoms with Crippen molar-refractivity contribution in [3.63, 3.8) is 0 Å². The van der Waals surface area contributed by atoms with E-state index in [0.717, 1.165) is 5.56 Å². The Kier molecular flexibility index (Phi) is 6.46. The van der Waals surface area contributed by atoms with Crippen LogP contribution in [0.25, 0.3) is 0 Å². The van der Waals surface area contributed by atoms with E-state index in [0.29, 0.717) is 5.02 Å². The fourth-order valence-corrected chi connectivity index (χ4v) is 1.38. The van der Waals surface area contributed by atoms with Crippen molar-refractivity contribution in [2.75, 3.05) is 13.2 Å². The van der Waals surface area contributed by atoms with Crippen molar-refractivity contribution in [1.82, 2.24) is 10.6 Å². The lowest BCUT2D eigenvalue weighted by Crippen LogP contribution is -2.40. The first-order chi connectivity index (χ1) is 9.13. The van der Waals surface area contributed by atoms with Gasteiger partial charge in [0.2, 0.25) is 0 Å². The summed E-state index contributed by atoms with van der Waals surface area (Å²) in [5, 5.41) is 5.54. The van der Waals surface area contributed by atoms with E-state index >= 15 is 0 Å². The normalized spacial score (nSPS) is 9.53. The van der Waals surface area contributed by atoms with Gasteiger partial charge in [-0.05, 0) is 17.7 Å². The highest BCUT2D eigenvalue weighted by molar-refractivity contribution is 6.35. The van der Waals surface area contributed by atoms with Crippen LogP contribution in [0.1, 0.15) is 5.56 Å². The van der Waals surface area contributed by atoms with Gasteiger partial charge in [-0.1, -0.05) is 30.3 Å². The van der Waals surface area contributed by atoms with E-state index in [1.54, 1.807) is 24.3 Å². The lowest BCUT2D eigenvalue weighted by atomic mass is 10.2. The van der Waals surface area contributed by atoms with Gasteiger partial charge in [0.25, 0.3) is 0 Å². The molecule has 5 nitrogen and oxygen atoms in total. The zero-order valence-corrected chi connectivity index (χ0v) is 11.1. The largest absolute Gasteiger partial charge is 0.500 e. The number of halogens is 1. The Morgan fingerprint density at radius 2 is 1.84 bits per heavy atom. The molecule has 0 atom stereocenters. The second-order valence-corrected chi connectivity index (χ2v) is 4.04. The molecule has 102 valence electrons. The van der Waals surface area contributed by atoms with Gasteiger partial charge in [0, 0.05) is 11.6 Å². The van der Waals surface area contributed by atoms with Crippen LogP contribution < -0.4 is 10.6 Å². The van der Waals surface area contributed by atoms with Crippen molar-refractivity contribution in [2.45, 2.75) is 6.54 Å². The van der Waals surface area contributed by atoms with E-state index in [4.69, 9.17) is 16.3 Å². The van der Waals surface area contributed by atoms with Gasteiger partial charge in [0.15, 0.2) is 0 Å². The molecular formula is C13H15ClN2O3. The number of hydrogen-bond donors (Lipinski definition) is 2. The predicted octanol–water partition coefficient (Wildman–Crippen LogP) is 1.23. The number of carbonyl (C=O) groups is 2. The number of rotatable bonds is 6. The molecule has 2 N–H and O–H groups in total. The summed E-state index contributed by atoms with van der Waals surface area (Å²) in [5.41, 5.74) is 0.862. The third-order valence-electron chi connectivity index (χ3n) is 2.20. The Morgan fingerprint density at radius 1 is 1.21 bits per heavy atom. The van der Waals surface area contributed by atoms with Crippen LogP contribution in [-0.2, 0) is 20.9 Å². The van der Waals surface area contributed by atoms with Crippen molar-refractivity contribution in [3.8, 4) is 0 Å². The Balaban J connectivity index is 2.28. The number of benzene rings is 1. The van der Waals surface area contributed by atoms with Gasteiger partial charge < -0.3 is 15.4 Å². The molecule has 6 heteroatoms. The van der Waals surface area contributed by atoms with Crippen LogP contribution in [0.5, 0.6) is 0 Å². The number of ether oxygens (including phenoxy) is 1. The molecule has 1 aromatic carbocycles. The number of nitrogens with one attached hydrogen (secondary N) is 2. The standard InChI is InChI=1S/C13H15ClN2O3/c1-2-19-8-7-15-12(17)13(18)16-9-10-3-5-11(14)6-4-10/h2-6H,1,7-9H2,(H,15,17)(H,16,18). The molecular weight excluding hydrogens is 268 g/mol. The minimum atomic E-state index is -0.693. The Labute approximate surface area is 116 Å². The Bertz CT molecular complexity index is 446. The van der Waals surface area contributed by atoms with Crippen molar-refractivity contribution in [3.05, 3.63) is 47.7 Å². The molecule has 0 saturated heterocycles. The smallest absolute Gasteiger partial charge is 0.309 e. The highest BCUT2D eigenvalue weighted by Crippen LogP contribution is 2.08. The maximum atomic E-state index is 11.4. The quantitative estimate of drug-likeness (QED) is 0.468. The fourth-order valence-electron chi connectivity index (χ4n) is 1.25. The summed E-state index contributed by atoms with van der Waals surface area (Å²) >= 11 is 5.74. The van der Waals surface area contributed by atoms with E-state index in [1.807, 2.05) is 0 Å². The van der Waals surface area contributed by atoms with Crippen LogP contribution in [0.2, 0.25) is 5.02 Å².